The zero-order valence-electron chi connectivity index (χ0n) is 26.0. The third-order valence-corrected chi connectivity index (χ3v) is 5.66. The molecule has 41 heavy (non-hydrogen) atoms. The average Bonchev–Trinajstić information content (AvgIpc) is 2.90. The van der Waals surface area contributed by atoms with Crippen LogP contribution in [0.15, 0.2) is 60.7 Å². The van der Waals surface area contributed by atoms with E-state index in [0.29, 0.717) is 12.1 Å². The second-order valence-electron chi connectivity index (χ2n) is 10.2. The lowest BCUT2D eigenvalue weighted by atomic mass is 9.93. The molecule has 5 nitrogen and oxygen atoms in total. The number of ether oxygens (including phenoxy) is 2. The van der Waals surface area contributed by atoms with E-state index in [-0.39, 0.29) is 13.4 Å². The summed E-state index contributed by atoms with van der Waals surface area (Å²) in [6.07, 6.45) is 3.43. The molecule has 0 aliphatic carbocycles. The van der Waals surface area contributed by atoms with Crippen molar-refractivity contribution >= 4 is 15.2 Å². The summed E-state index contributed by atoms with van der Waals surface area (Å²) in [5.74, 6) is 0.884. The Morgan fingerprint density at radius 1 is 0.878 bits per heavy atom. The standard InChI is InChI=1S/C23H25O2P.C6H12O3.C3H8.C2H6.CH4/c1-16-10-21(25-15-26)11-17(2)22(16)14-19-8-9-23(24)20(13-19)12-18-6-4-3-5-7-18;1-6(2,3)5(8)9-4-7;1-3-2;1-2;/h3-11,13,24H,12,14-15,26H2,1-2H3;7H,4H2,1-3H3;3H2,1-2H3;1-2H3;1H4. The highest BCUT2D eigenvalue weighted by atomic mass is 31.0. The predicted octanol–water partition coefficient (Wildman–Crippen LogP) is 9.01. The average molecular weight is 587 g/mol. The van der Waals surface area contributed by atoms with Gasteiger partial charge in [0, 0.05) is 6.42 Å². The number of esters is 1. The van der Waals surface area contributed by atoms with Gasteiger partial charge < -0.3 is 19.7 Å². The van der Waals surface area contributed by atoms with E-state index in [0.717, 1.165) is 24.2 Å². The maximum Gasteiger partial charge on any atom is 0.313 e. The molecule has 3 aromatic rings. The number of aryl methyl sites for hydroxylation is 2. The first-order valence-corrected chi connectivity index (χ1v) is 14.8. The quantitative estimate of drug-likeness (QED) is 0.164. The molecule has 0 fully saturated rings. The number of hydrogen-bond donors (Lipinski definition) is 2. The molecule has 6 heteroatoms. The van der Waals surface area contributed by atoms with Crippen LogP contribution in [-0.2, 0) is 22.4 Å². The third kappa shape index (κ3) is 15.6. The van der Waals surface area contributed by atoms with Gasteiger partial charge in [-0.3, -0.25) is 4.79 Å². The molecule has 0 bridgehead atoms. The molecule has 0 aliphatic heterocycles. The van der Waals surface area contributed by atoms with E-state index in [9.17, 15) is 9.90 Å². The van der Waals surface area contributed by atoms with Gasteiger partial charge in [0.2, 0.25) is 0 Å². The van der Waals surface area contributed by atoms with Crippen LogP contribution in [0.4, 0.5) is 0 Å². The number of hydrogen-bond acceptors (Lipinski definition) is 5. The van der Waals surface area contributed by atoms with Gasteiger partial charge in [0.25, 0.3) is 0 Å². The smallest absolute Gasteiger partial charge is 0.313 e. The number of aliphatic hydroxyl groups excluding tert-OH is 1. The molecule has 3 rings (SSSR count). The van der Waals surface area contributed by atoms with Gasteiger partial charge in [-0.05, 0) is 92.6 Å². The van der Waals surface area contributed by atoms with Gasteiger partial charge in [0.05, 0.1) is 5.41 Å². The van der Waals surface area contributed by atoms with E-state index in [1.54, 1.807) is 20.8 Å². The lowest BCUT2D eigenvalue weighted by molar-refractivity contribution is -0.161. The monoisotopic (exact) mass is 586 g/mol. The normalized spacial score (nSPS) is 9.83. The second-order valence-corrected chi connectivity index (χ2v) is 10.5. The summed E-state index contributed by atoms with van der Waals surface area (Å²) >= 11 is 0. The summed E-state index contributed by atoms with van der Waals surface area (Å²) in [6, 6.07) is 20.4. The highest BCUT2D eigenvalue weighted by molar-refractivity contribution is 7.16. The van der Waals surface area contributed by atoms with Crippen LogP contribution in [0.1, 0.15) is 95.7 Å². The van der Waals surface area contributed by atoms with E-state index >= 15 is 0 Å². The zero-order valence-corrected chi connectivity index (χ0v) is 27.2. The highest BCUT2D eigenvalue weighted by Crippen LogP contribution is 2.27. The van der Waals surface area contributed by atoms with E-state index in [1.807, 2.05) is 44.2 Å². The van der Waals surface area contributed by atoms with Crippen LogP contribution in [0.2, 0.25) is 0 Å². The van der Waals surface area contributed by atoms with Crippen LogP contribution in [0.3, 0.4) is 0 Å². The summed E-state index contributed by atoms with van der Waals surface area (Å²) in [5.41, 5.74) is 6.64. The summed E-state index contributed by atoms with van der Waals surface area (Å²) in [5, 5.41) is 18.4. The Kier molecular flexibility index (Phi) is 21.4. The van der Waals surface area contributed by atoms with Crippen molar-refractivity contribution in [2.24, 2.45) is 5.41 Å². The number of aromatic hydroxyl groups is 1. The van der Waals surface area contributed by atoms with Crippen LogP contribution in [-0.4, -0.2) is 29.3 Å². The topological polar surface area (TPSA) is 76.0 Å². The molecule has 0 amide bonds. The Hall–Kier alpha value is -2.88. The number of aliphatic hydroxyl groups is 1. The van der Waals surface area contributed by atoms with E-state index < -0.39 is 12.2 Å². The van der Waals surface area contributed by atoms with E-state index in [4.69, 9.17) is 9.84 Å². The van der Waals surface area contributed by atoms with Gasteiger partial charge in [0.15, 0.2) is 6.79 Å². The molecule has 3 aromatic carbocycles. The highest BCUT2D eigenvalue weighted by Gasteiger charge is 2.22. The van der Waals surface area contributed by atoms with Crippen molar-refractivity contribution < 1.29 is 24.5 Å². The zero-order chi connectivity index (χ0) is 30.7. The molecule has 0 spiro atoms. The lowest BCUT2D eigenvalue weighted by Crippen LogP contribution is -2.23. The Bertz CT molecular complexity index is 1100. The first-order valence-electron chi connectivity index (χ1n) is 14.0. The van der Waals surface area contributed by atoms with E-state index in [1.165, 1.54) is 34.2 Å². The molecule has 0 saturated carbocycles. The minimum atomic E-state index is -0.532. The fourth-order valence-corrected chi connectivity index (χ4v) is 3.79. The number of phenols is 1. The number of carbonyl (C=O) groups excluding carboxylic acids is 1. The van der Waals surface area contributed by atoms with Gasteiger partial charge in [-0.25, -0.2) is 0 Å². The molecule has 0 aromatic heterocycles. The number of carbonyl (C=O) groups is 1. The molecule has 230 valence electrons. The van der Waals surface area contributed by atoms with Crippen LogP contribution in [0.5, 0.6) is 11.5 Å². The minimum Gasteiger partial charge on any atom is -0.508 e. The van der Waals surface area contributed by atoms with Crippen LogP contribution in [0.25, 0.3) is 0 Å². The molecule has 2 N–H and O–H groups in total. The van der Waals surface area contributed by atoms with Gasteiger partial charge in [0.1, 0.15) is 17.8 Å². The minimum absolute atomic E-state index is 0. The largest absolute Gasteiger partial charge is 0.508 e. The Balaban J connectivity index is 0. The van der Waals surface area contributed by atoms with Crippen molar-refractivity contribution in [3.63, 3.8) is 0 Å². The maximum atomic E-state index is 10.7. The van der Waals surface area contributed by atoms with E-state index in [2.05, 4.69) is 72.0 Å². The Morgan fingerprint density at radius 2 is 1.41 bits per heavy atom. The fraction of sp³-hybridized carbons (Fsp3) is 0.457. The molecule has 1 unspecified atom stereocenters. The molecule has 0 saturated heterocycles. The van der Waals surface area contributed by atoms with Gasteiger partial charge in [-0.15, -0.1) is 0 Å². The number of phenolic OH excluding ortho intramolecular Hbond substituents is 1. The van der Waals surface area contributed by atoms with Crippen molar-refractivity contribution in [3.05, 3.63) is 94.0 Å². The first kappa shape index (κ1) is 40.3. The Labute approximate surface area is 252 Å². The summed E-state index contributed by atoms with van der Waals surface area (Å²) in [6.45, 7) is 17.2. The lowest BCUT2D eigenvalue weighted by Gasteiger charge is -2.14. The summed E-state index contributed by atoms with van der Waals surface area (Å²) < 4.78 is 9.93. The van der Waals surface area contributed by atoms with Crippen LogP contribution in [0, 0.1) is 19.3 Å². The number of rotatable bonds is 7. The molecule has 0 radical (unpaired) electrons. The van der Waals surface area contributed by atoms with Gasteiger partial charge >= 0.3 is 5.97 Å². The summed E-state index contributed by atoms with van der Waals surface area (Å²) in [4.78, 5) is 10.7. The van der Waals surface area contributed by atoms with Gasteiger partial charge in [-0.1, -0.05) is 93.2 Å². The van der Waals surface area contributed by atoms with Crippen LogP contribution >= 0.6 is 9.24 Å². The molecular formula is C35H55O5P. The third-order valence-electron chi connectivity index (χ3n) is 5.49. The van der Waals surface area contributed by atoms with Crippen LogP contribution < -0.4 is 4.74 Å². The van der Waals surface area contributed by atoms with Crippen molar-refractivity contribution in [2.45, 2.75) is 89.0 Å². The second kappa shape index (κ2) is 21.8. The SMILES string of the molecule is C.CC.CC(C)(C)C(=O)OCO.CCC.Cc1cc(OCP)cc(C)c1Cc1ccc(O)c(Cc2ccccc2)c1. The maximum absolute atomic E-state index is 10.7. The summed E-state index contributed by atoms with van der Waals surface area (Å²) in [7, 11) is 2.58. The Morgan fingerprint density at radius 3 is 1.85 bits per heavy atom. The molecular weight excluding hydrogens is 531 g/mol. The number of benzene rings is 3. The van der Waals surface area contributed by atoms with Crippen molar-refractivity contribution in [2.75, 3.05) is 13.1 Å². The molecule has 0 aliphatic rings. The van der Waals surface area contributed by atoms with Crippen molar-refractivity contribution in [1.29, 1.82) is 0 Å². The van der Waals surface area contributed by atoms with Gasteiger partial charge in [-0.2, -0.15) is 0 Å². The fourth-order valence-electron chi connectivity index (χ4n) is 3.60. The van der Waals surface area contributed by atoms with Crippen molar-refractivity contribution in [1.82, 2.24) is 0 Å². The first-order chi connectivity index (χ1) is 19.0. The predicted molar refractivity (Wildman–Crippen MR) is 178 cm³/mol. The van der Waals surface area contributed by atoms with Crippen molar-refractivity contribution in [3.8, 4) is 11.5 Å². The molecule has 0 heterocycles. The molecule has 1 atom stereocenters.